The van der Waals surface area contributed by atoms with E-state index in [0.29, 0.717) is 8.58 Å². The van der Waals surface area contributed by atoms with Crippen LogP contribution in [0, 0.1) is 6.92 Å². The fraction of sp³-hybridized carbons (Fsp3) is 0.308. The zero-order valence-electron chi connectivity index (χ0n) is 18.2. The van der Waals surface area contributed by atoms with E-state index in [1.54, 1.807) is 7.11 Å². The van der Waals surface area contributed by atoms with Crippen molar-refractivity contribution in [3.63, 3.8) is 0 Å². The summed E-state index contributed by atoms with van der Waals surface area (Å²) in [7, 11) is 2.14. The second kappa shape index (κ2) is 10.2. The SMILES string of the molecule is COCOc1c(Cc2ccccc2)cccc1C(C)(C)Pc1c(C)cccc1CO. The van der Waals surface area contributed by atoms with E-state index in [1.807, 2.05) is 18.2 Å². The van der Waals surface area contributed by atoms with Crippen LogP contribution in [0.15, 0.2) is 66.7 Å². The highest BCUT2D eigenvalue weighted by Crippen LogP contribution is 2.46. The summed E-state index contributed by atoms with van der Waals surface area (Å²) in [6.07, 6.45) is 0.805. The maximum atomic E-state index is 9.85. The first kappa shape index (κ1) is 22.5. The zero-order valence-corrected chi connectivity index (χ0v) is 19.2. The molecular formula is C26H31O3P. The molecular weight excluding hydrogens is 391 g/mol. The summed E-state index contributed by atoms with van der Waals surface area (Å²) in [4.78, 5) is 0. The summed E-state index contributed by atoms with van der Waals surface area (Å²) in [5, 5.41) is 10.9. The highest BCUT2D eigenvalue weighted by molar-refractivity contribution is 7.48. The van der Waals surface area contributed by atoms with Crippen LogP contribution >= 0.6 is 8.58 Å². The highest BCUT2D eigenvalue weighted by atomic mass is 31.1. The molecule has 0 aliphatic rings. The first-order valence-corrected chi connectivity index (χ1v) is 11.2. The van der Waals surface area contributed by atoms with E-state index in [-0.39, 0.29) is 18.6 Å². The van der Waals surface area contributed by atoms with Crippen molar-refractivity contribution in [2.24, 2.45) is 0 Å². The summed E-state index contributed by atoms with van der Waals surface area (Å²) < 4.78 is 11.4. The molecule has 0 radical (unpaired) electrons. The predicted octanol–water partition coefficient (Wildman–Crippen LogP) is 5.30. The molecule has 0 saturated carbocycles. The second-order valence-electron chi connectivity index (χ2n) is 8.02. The Morgan fingerprint density at radius 1 is 0.900 bits per heavy atom. The lowest BCUT2D eigenvalue weighted by Gasteiger charge is -2.30. The molecule has 0 aliphatic heterocycles. The molecule has 4 heteroatoms. The van der Waals surface area contributed by atoms with Crippen molar-refractivity contribution in [1.82, 2.24) is 0 Å². The normalized spacial score (nSPS) is 11.9. The van der Waals surface area contributed by atoms with E-state index in [1.165, 1.54) is 22.0 Å². The number of rotatable bonds is 9. The molecule has 30 heavy (non-hydrogen) atoms. The molecule has 0 spiro atoms. The lowest BCUT2D eigenvalue weighted by atomic mass is 9.95. The Bertz CT molecular complexity index is 967. The standard InChI is InChI=1S/C26H31O3P/c1-19-10-8-14-22(17-27)25(19)30-26(2,3)23-15-9-13-21(24(23)29-18-28-4)16-20-11-6-5-7-12-20/h5-15,27,30H,16-18H2,1-4H3. The first-order valence-electron chi connectivity index (χ1n) is 10.2. The minimum atomic E-state index is -0.161. The number of para-hydroxylation sites is 1. The van der Waals surface area contributed by atoms with Gasteiger partial charge in [-0.05, 0) is 34.5 Å². The molecule has 0 aromatic heterocycles. The molecule has 158 valence electrons. The van der Waals surface area contributed by atoms with E-state index < -0.39 is 0 Å². The molecule has 0 amide bonds. The fourth-order valence-electron chi connectivity index (χ4n) is 3.74. The molecule has 3 nitrogen and oxygen atoms in total. The minimum absolute atomic E-state index is 0.0567. The van der Waals surface area contributed by atoms with Gasteiger partial charge >= 0.3 is 0 Å². The van der Waals surface area contributed by atoms with E-state index in [0.717, 1.165) is 23.3 Å². The van der Waals surface area contributed by atoms with Crippen LogP contribution in [0.1, 0.15) is 41.7 Å². The predicted molar refractivity (Wildman–Crippen MR) is 126 cm³/mol. The Labute approximate surface area is 181 Å². The number of hydrogen-bond donors (Lipinski definition) is 1. The fourth-order valence-corrected chi connectivity index (χ4v) is 5.30. The number of methoxy groups -OCH3 is 1. The van der Waals surface area contributed by atoms with Gasteiger partial charge in [-0.1, -0.05) is 89.2 Å². The molecule has 3 rings (SSSR count). The van der Waals surface area contributed by atoms with Crippen molar-refractivity contribution in [2.75, 3.05) is 13.9 Å². The largest absolute Gasteiger partial charge is 0.467 e. The van der Waals surface area contributed by atoms with Crippen LogP contribution in [0.3, 0.4) is 0 Å². The molecule has 0 saturated heterocycles. The van der Waals surface area contributed by atoms with Gasteiger partial charge in [0.15, 0.2) is 6.79 Å². The number of ether oxygens (including phenoxy) is 2. The van der Waals surface area contributed by atoms with Gasteiger partial charge in [0, 0.05) is 24.3 Å². The van der Waals surface area contributed by atoms with Gasteiger partial charge in [-0.15, -0.1) is 0 Å². The number of hydrogen-bond acceptors (Lipinski definition) is 3. The average Bonchev–Trinajstić information content (AvgIpc) is 2.74. The van der Waals surface area contributed by atoms with E-state index in [2.05, 4.69) is 69.3 Å². The van der Waals surface area contributed by atoms with Crippen molar-refractivity contribution in [2.45, 2.75) is 39.0 Å². The van der Waals surface area contributed by atoms with Gasteiger partial charge in [0.05, 0.1) is 6.61 Å². The molecule has 0 fully saturated rings. The van der Waals surface area contributed by atoms with Crippen LogP contribution in [0.4, 0.5) is 0 Å². The topological polar surface area (TPSA) is 38.7 Å². The summed E-state index contributed by atoms with van der Waals surface area (Å²) >= 11 is 0. The summed E-state index contributed by atoms with van der Waals surface area (Å²) in [6.45, 7) is 6.89. The monoisotopic (exact) mass is 422 g/mol. The van der Waals surface area contributed by atoms with Gasteiger partial charge in [-0.3, -0.25) is 0 Å². The van der Waals surface area contributed by atoms with Gasteiger partial charge in [0.1, 0.15) is 5.75 Å². The maximum absolute atomic E-state index is 9.85. The minimum Gasteiger partial charge on any atom is -0.467 e. The third-order valence-electron chi connectivity index (χ3n) is 5.30. The second-order valence-corrected chi connectivity index (χ2v) is 10.0. The Morgan fingerprint density at radius 3 is 2.30 bits per heavy atom. The number of benzene rings is 3. The molecule has 3 aromatic carbocycles. The Morgan fingerprint density at radius 2 is 1.60 bits per heavy atom. The van der Waals surface area contributed by atoms with Crippen molar-refractivity contribution in [1.29, 1.82) is 0 Å². The van der Waals surface area contributed by atoms with Crippen LogP contribution in [0.2, 0.25) is 0 Å². The molecule has 1 unspecified atom stereocenters. The number of aliphatic hydroxyl groups excluding tert-OH is 1. The lowest BCUT2D eigenvalue weighted by Crippen LogP contribution is -2.21. The lowest BCUT2D eigenvalue weighted by molar-refractivity contribution is 0.0495. The van der Waals surface area contributed by atoms with E-state index in [4.69, 9.17) is 9.47 Å². The number of aryl methyl sites for hydroxylation is 1. The summed E-state index contributed by atoms with van der Waals surface area (Å²) in [5.41, 5.74) is 5.78. The van der Waals surface area contributed by atoms with Gasteiger partial charge in [0.2, 0.25) is 0 Å². The third-order valence-corrected chi connectivity index (χ3v) is 7.16. The van der Waals surface area contributed by atoms with Gasteiger partial charge < -0.3 is 14.6 Å². The van der Waals surface area contributed by atoms with Gasteiger partial charge in [-0.25, -0.2) is 0 Å². The molecule has 1 N–H and O–H groups in total. The van der Waals surface area contributed by atoms with Crippen LogP contribution < -0.4 is 10.0 Å². The quantitative estimate of drug-likeness (QED) is 0.376. The summed E-state index contributed by atoms with van der Waals surface area (Å²) in [5.74, 6) is 0.903. The van der Waals surface area contributed by atoms with E-state index >= 15 is 0 Å². The van der Waals surface area contributed by atoms with Crippen LogP contribution in [-0.2, 0) is 22.9 Å². The van der Waals surface area contributed by atoms with Crippen LogP contribution in [0.5, 0.6) is 5.75 Å². The summed E-state index contributed by atoms with van der Waals surface area (Å²) in [6, 6.07) is 23.0. The molecule has 1 atom stereocenters. The van der Waals surface area contributed by atoms with Crippen molar-refractivity contribution in [3.05, 3.63) is 94.5 Å². The molecule has 0 bridgehead atoms. The molecule has 0 heterocycles. The van der Waals surface area contributed by atoms with E-state index in [9.17, 15) is 5.11 Å². The Balaban J connectivity index is 2.02. The Hall–Kier alpha value is -2.19. The first-order chi connectivity index (χ1) is 14.5. The van der Waals surface area contributed by atoms with Crippen LogP contribution in [0.25, 0.3) is 0 Å². The van der Waals surface area contributed by atoms with Crippen molar-refractivity contribution >= 4 is 13.9 Å². The molecule has 0 aliphatic carbocycles. The van der Waals surface area contributed by atoms with Crippen LogP contribution in [-0.4, -0.2) is 19.0 Å². The zero-order chi connectivity index (χ0) is 21.6. The smallest absolute Gasteiger partial charge is 0.188 e. The van der Waals surface area contributed by atoms with Crippen molar-refractivity contribution in [3.8, 4) is 5.75 Å². The van der Waals surface area contributed by atoms with Gasteiger partial charge in [0.25, 0.3) is 0 Å². The third kappa shape index (κ3) is 5.29. The maximum Gasteiger partial charge on any atom is 0.188 e. The molecule has 3 aromatic rings. The number of aliphatic hydroxyl groups is 1. The van der Waals surface area contributed by atoms with Gasteiger partial charge in [-0.2, -0.15) is 0 Å². The Kier molecular flexibility index (Phi) is 7.66. The van der Waals surface area contributed by atoms with Crippen molar-refractivity contribution < 1.29 is 14.6 Å². The highest BCUT2D eigenvalue weighted by Gasteiger charge is 2.28. The average molecular weight is 423 g/mol.